The number of para-hydroxylation sites is 1. The number of hydrogen-bond donors (Lipinski definition) is 3. The van der Waals surface area contributed by atoms with Crippen LogP contribution >= 0.6 is 0 Å². The zero-order valence-electron chi connectivity index (χ0n) is 14.2. The zero-order valence-corrected chi connectivity index (χ0v) is 14.2. The summed E-state index contributed by atoms with van der Waals surface area (Å²) in [5, 5.41) is 8.71. The molecule has 0 spiro atoms. The first-order chi connectivity index (χ1) is 12.1. The second-order valence-electron chi connectivity index (χ2n) is 5.15. The number of carbonyl (C=O) groups excluding carboxylic acids is 1. The van der Waals surface area contributed by atoms with Crippen molar-refractivity contribution in [2.45, 2.75) is 6.54 Å². The second-order valence-corrected chi connectivity index (χ2v) is 5.15. The zero-order chi connectivity index (χ0) is 18.1. The minimum absolute atomic E-state index is 0.0307. The summed E-state index contributed by atoms with van der Waals surface area (Å²) < 4.78 is 18.1. The first-order valence-corrected chi connectivity index (χ1v) is 7.74. The fourth-order valence-electron chi connectivity index (χ4n) is 2.15. The highest BCUT2D eigenvalue weighted by molar-refractivity contribution is 5.94. The molecule has 0 aliphatic rings. The van der Waals surface area contributed by atoms with Crippen LogP contribution in [0, 0.1) is 5.82 Å². The van der Waals surface area contributed by atoms with Gasteiger partial charge in [-0.15, -0.1) is 0 Å². The number of halogens is 1. The summed E-state index contributed by atoms with van der Waals surface area (Å²) in [7, 11) is 3.24. The van der Waals surface area contributed by atoms with Crippen molar-refractivity contribution in [2.75, 3.05) is 26.0 Å². The summed E-state index contributed by atoms with van der Waals surface area (Å²) >= 11 is 0. The van der Waals surface area contributed by atoms with E-state index in [2.05, 4.69) is 20.9 Å². The third kappa shape index (κ3) is 5.80. The number of aliphatic imine (C=N–C) groups is 1. The van der Waals surface area contributed by atoms with E-state index in [1.807, 2.05) is 24.3 Å². The maximum absolute atomic E-state index is 12.8. The van der Waals surface area contributed by atoms with Gasteiger partial charge >= 0.3 is 0 Å². The Morgan fingerprint density at radius 3 is 2.52 bits per heavy atom. The fraction of sp³-hybridized carbons (Fsp3) is 0.222. The number of amides is 1. The highest BCUT2D eigenvalue weighted by Crippen LogP contribution is 2.16. The van der Waals surface area contributed by atoms with Gasteiger partial charge in [0.15, 0.2) is 5.96 Å². The first kappa shape index (κ1) is 18.3. The first-order valence-electron chi connectivity index (χ1n) is 7.74. The van der Waals surface area contributed by atoms with Gasteiger partial charge in [0.1, 0.15) is 11.6 Å². The van der Waals surface area contributed by atoms with Crippen molar-refractivity contribution in [3.63, 3.8) is 0 Å². The Morgan fingerprint density at radius 2 is 1.84 bits per heavy atom. The molecular weight excluding hydrogens is 323 g/mol. The van der Waals surface area contributed by atoms with Crippen molar-refractivity contribution in [1.29, 1.82) is 0 Å². The van der Waals surface area contributed by atoms with Crippen LogP contribution in [0.2, 0.25) is 0 Å². The Bertz CT molecular complexity index is 732. The van der Waals surface area contributed by atoms with Crippen LogP contribution in [0.15, 0.2) is 53.5 Å². The monoisotopic (exact) mass is 344 g/mol. The van der Waals surface area contributed by atoms with Crippen LogP contribution in [0.1, 0.15) is 5.56 Å². The lowest BCUT2D eigenvalue weighted by molar-refractivity contribution is -0.115. The van der Waals surface area contributed by atoms with E-state index in [9.17, 15) is 9.18 Å². The average Bonchev–Trinajstić information content (AvgIpc) is 2.64. The van der Waals surface area contributed by atoms with Crippen molar-refractivity contribution >= 4 is 17.6 Å². The van der Waals surface area contributed by atoms with Gasteiger partial charge in [-0.25, -0.2) is 4.39 Å². The van der Waals surface area contributed by atoms with E-state index >= 15 is 0 Å². The lowest BCUT2D eigenvalue weighted by atomic mass is 10.2. The van der Waals surface area contributed by atoms with Crippen molar-refractivity contribution in [3.05, 3.63) is 59.9 Å². The lowest BCUT2D eigenvalue weighted by Gasteiger charge is -2.13. The normalized spacial score (nSPS) is 10.9. The molecule has 0 aliphatic heterocycles. The van der Waals surface area contributed by atoms with E-state index in [4.69, 9.17) is 4.74 Å². The van der Waals surface area contributed by atoms with Crippen LogP contribution in [0.5, 0.6) is 5.75 Å². The molecule has 6 nitrogen and oxygen atoms in total. The van der Waals surface area contributed by atoms with Crippen LogP contribution in [0.4, 0.5) is 10.1 Å². The summed E-state index contributed by atoms with van der Waals surface area (Å²) in [5.74, 6) is 0.656. The third-order valence-electron chi connectivity index (χ3n) is 3.41. The molecule has 0 fully saturated rings. The smallest absolute Gasteiger partial charge is 0.243 e. The number of methoxy groups -OCH3 is 1. The quantitative estimate of drug-likeness (QED) is 0.554. The topological polar surface area (TPSA) is 74.8 Å². The van der Waals surface area contributed by atoms with Crippen LogP contribution in [0.3, 0.4) is 0 Å². The molecule has 0 saturated carbocycles. The van der Waals surface area contributed by atoms with Gasteiger partial charge < -0.3 is 20.7 Å². The molecule has 2 rings (SSSR count). The Morgan fingerprint density at radius 1 is 1.12 bits per heavy atom. The highest BCUT2D eigenvalue weighted by atomic mass is 19.1. The molecule has 0 radical (unpaired) electrons. The molecule has 1 amide bonds. The van der Waals surface area contributed by atoms with Gasteiger partial charge in [0.2, 0.25) is 5.91 Å². The Balaban J connectivity index is 1.81. The molecule has 0 aliphatic carbocycles. The Kier molecular flexibility index (Phi) is 6.76. The SMILES string of the molecule is CN=C(NCC(=O)Nc1ccc(F)cc1)NCc1ccccc1OC. The van der Waals surface area contributed by atoms with Gasteiger partial charge in [-0.1, -0.05) is 18.2 Å². The molecule has 0 unspecified atom stereocenters. The fourth-order valence-corrected chi connectivity index (χ4v) is 2.15. The van der Waals surface area contributed by atoms with Crippen LogP contribution < -0.4 is 20.7 Å². The van der Waals surface area contributed by atoms with Crippen LogP contribution in [0.25, 0.3) is 0 Å². The van der Waals surface area contributed by atoms with Gasteiger partial charge in [0.05, 0.1) is 13.7 Å². The number of ether oxygens (including phenoxy) is 1. The molecule has 3 N–H and O–H groups in total. The van der Waals surface area contributed by atoms with Crippen molar-refractivity contribution in [3.8, 4) is 5.75 Å². The molecule has 2 aromatic rings. The standard InChI is InChI=1S/C18H21FN4O2/c1-20-18(21-11-13-5-3-4-6-16(13)25-2)22-12-17(24)23-15-9-7-14(19)8-10-15/h3-10H,11-12H2,1-2H3,(H,23,24)(H2,20,21,22). The summed E-state index contributed by atoms with van der Waals surface area (Å²) in [5.41, 5.74) is 1.51. The number of anilines is 1. The minimum Gasteiger partial charge on any atom is -0.496 e. The number of nitrogens with zero attached hydrogens (tertiary/aromatic N) is 1. The number of guanidine groups is 1. The van der Waals surface area contributed by atoms with Crippen molar-refractivity contribution in [2.24, 2.45) is 4.99 Å². The summed E-state index contributed by atoms with van der Waals surface area (Å²) in [6.07, 6.45) is 0. The van der Waals surface area contributed by atoms with Crippen LogP contribution in [-0.4, -0.2) is 32.6 Å². The molecular formula is C18H21FN4O2. The van der Waals surface area contributed by atoms with Gasteiger partial charge in [-0.05, 0) is 30.3 Å². The van der Waals surface area contributed by atoms with E-state index in [1.54, 1.807) is 14.2 Å². The molecule has 0 saturated heterocycles. The molecule has 25 heavy (non-hydrogen) atoms. The number of nitrogens with one attached hydrogen (secondary N) is 3. The Labute approximate surface area is 146 Å². The number of rotatable bonds is 6. The largest absolute Gasteiger partial charge is 0.496 e. The van der Waals surface area contributed by atoms with E-state index in [1.165, 1.54) is 24.3 Å². The second kappa shape index (κ2) is 9.27. The molecule has 132 valence electrons. The predicted octanol–water partition coefficient (Wildman–Crippen LogP) is 2.14. The molecule has 0 bridgehead atoms. The number of benzene rings is 2. The lowest BCUT2D eigenvalue weighted by Crippen LogP contribution is -2.41. The number of carbonyl (C=O) groups is 1. The van der Waals surface area contributed by atoms with Gasteiger partial charge in [0, 0.05) is 24.8 Å². The van der Waals surface area contributed by atoms with Gasteiger partial charge in [-0.3, -0.25) is 9.79 Å². The summed E-state index contributed by atoms with van der Waals surface area (Å²) in [6, 6.07) is 13.2. The molecule has 7 heteroatoms. The van der Waals surface area contributed by atoms with Crippen molar-refractivity contribution < 1.29 is 13.9 Å². The summed E-state index contributed by atoms with van der Waals surface area (Å²) in [4.78, 5) is 16.0. The molecule has 0 aromatic heterocycles. The van der Waals surface area contributed by atoms with E-state index in [0.29, 0.717) is 18.2 Å². The predicted molar refractivity (Wildman–Crippen MR) is 96.2 cm³/mol. The maximum Gasteiger partial charge on any atom is 0.243 e. The van der Waals surface area contributed by atoms with Gasteiger partial charge in [0.25, 0.3) is 0 Å². The highest BCUT2D eigenvalue weighted by Gasteiger charge is 2.06. The van der Waals surface area contributed by atoms with Gasteiger partial charge in [-0.2, -0.15) is 0 Å². The number of hydrogen-bond acceptors (Lipinski definition) is 3. The maximum atomic E-state index is 12.8. The van der Waals surface area contributed by atoms with Crippen LogP contribution in [-0.2, 0) is 11.3 Å². The molecule has 2 aromatic carbocycles. The molecule has 0 heterocycles. The van der Waals surface area contributed by atoms with E-state index in [-0.39, 0.29) is 18.3 Å². The van der Waals surface area contributed by atoms with E-state index < -0.39 is 0 Å². The summed E-state index contributed by atoms with van der Waals surface area (Å²) in [6.45, 7) is 0.534. The van der Waals surface area contributed by atoms with E-state index in [0.717, 1.165) is 11.3 Å². The molecule has 0 atom stereocenters. The Hall–Kier alpha value is -3.09. The minimum atomic E-state index is -0.350. The average molecular weight is 344 g/mol. The van der Waals surface area contributed by atoms with Crippen molar-refractivity contribution in [1.82, 2.24) is 10.6 Å². The third-order valence-corrected chi connectivity index (χ3v) is 3.41.